The molecule has 0 radical (unpaired) electrons. The molecule has 19 heavy (non-hydrogen) atoms. The summed E-state index contributed by atoms with van der Waals surface area (Å²) in [5, 5.41) is 6.92. The zero-order valence-electron chi connectivity index (χ0n) is 10.9. The van der Waals surface area contributed by atoms with Gasteiger partial charge in [0.1, 0.15) is 17.3 Å². The van der Waals surface area contributed by atoms with Gasteiger partial charge in [-0.25, -0.2) is 8.78 Å². The summed E-state index contributed by atoms with van der Waals surface area (Å²) in [4.78, 5) is 0. The lowest BCUT2D eigenvalue weighted by Crippen LogP contribution is -2.04. The summed E-state index contributed by atoms with van der Waals surface area (Å²) in [6.45, 7) is 2.01. The van der Waals surface area contributed by atoms with Crippen LogP contribution in [0.5, 0.6) is 0 Å². The van der Waals surface area contributed by atoms with Gasteiger partial charge in [-0.15, -0.1) is 0 Å². The van der Waals surface area contributed by atoms with E-state index in [0.29, 0.717) is 11.5 Å². The molecule has 6 heteroatoms. The van der Waals surface area contributed by atoms with Crippen LogP contribution in [0.1, 0.15) is 19.0 Å². The predicted molar refractivity (Wildman–Crippen MR) is 71.3 cm³/mol. The molecule has 2 rings (SSSR count). The van der Waals surface area contributed by atoms with Crippen LogP contribution in [0.4, 0.5) is 26.0 Å². The van der Waals surface area contributed by atoms with E-state index in [0.717, 1.165) is 18.5 Å². The molecule has 1 aromatic heterocycles. The number of nitrogens with two attached hydrogens (primary N) is 1. The van der Waals surface area contributed by atoms with E-state index in [-0.39, 0.29) is 5.69 Å². The summed E-state index contributed by atoms with van der Waals surface area (Å²) in [5.74, 6) is -0.942. The summed E-state index contributed by atoms with van der Waals surface area (Å²) >= 11 is 0. The second-order valence-corrected chi connectivity index (χ2v) is 4.30. The van der Waals surface area contributed by atoms with Crippen molar-refractivity contribution in [3.63, 3.8) is 0 Å². The molecule has 102 valence electrons. The molecule has 4 nitrogen and oxygen atoms in total. The Hall–Kier alpha value is -2.11. The van der Waals surface area contributed by atoms with Gasteiger partial charge in [0.05, 0.1) is 11.4 Å². The number of aryl methyl sites for hydroxylation is 2. The lowest BCUT2D eigenvalue weighted by atomic mass is 10.2. The number of anilines is 3. The minimum absolute atomic E-state index is 0.222. The lowest BCUT2D eigenvalue weighted by Gasteiger charge is -2.09. The van der Waals surface area contributed by atoms with Gasteiger partial charge >= 0.3 is 0 Å². The summed E-state index contributed by atoms with van der Waals surface area (Å²) in [7, 11) is 1.68. The molecule has 0 aliphatic carbocycles. The van der Waals surface area contributed by atoms with E-state index in [9.17, 15) is 8.78 Å². The van der Waals surface area contributed by atoms with Crippen molar-refractivity contribution in [1.82, 2.24) is 9.78 Å². The van der Waals surface area contributed by atoms with Crippen molar-refractivity contribution >= 4 is 17.2 Å². The van der Waals surface area contributed by atoms with E-state index in [1.807, 2.05) is 6.92 Å². The van der Waals surface area contributed by atoms with Crippen LogP contribution in [0, 0.1) is 11.6 Å². The van der Waals surface area contributed by atoms with E-state index in [2.05, 4.69) is 10.4 Å². The maximum atomic E-state index is 13.6. The molecule has 0 aliphatic heterocycles. The number of hydrogen-bond donors (Lipinski definition) is 2. The molecule has 0 amide bonds. The van der Waals surface area contributed by atoms with Gasteiger partial charge in [-0.1, -0.05) is 19.4 Å². The molecular formula is C13H16F2N4. The third kappa shape index (κ3) is 2.52. The highest BCUT2D eigenvalue weighted by atomic mass is 19.1. The molecule has 0 bridgehead atoms. The first kappa shape index (κ1) is 13.3. The van der Waals surface area contributed by atoms with Crippen LogP contribution >= 0.6 is 0 Å². The molecule has 2 aromatic rings. The number of nitrogens with zero attached hydrogens (tertiary/aromatic N) is 2. The van der Waals surface area contributed by atoms with E-state index in [4.69, 9.17) is 5.73 Å². The van der Waals surface area contributed by atoms with Gasteiger partial charge in [0.15, 0.2) is 5.82 Å². The van der Waals surface area contributed by atoms with E-state index in [1.165, 1.54) is 22.9 Å². The Kier molecular flexibility index (Phi) is 3.69. The maximum absolute atomic E-state index is 13.6. The molecule has 1 heterocycles. The first-order chi connectivity index (χ1) is 9.04. The summed E-state index contributed by atoms with van der Waals surface area (Å²) in [5.41, 5.74) is 6.87. The van der Waals surface area contributed by atoms with Crippen LogP contribution in [0.2, 0.25) is 0 Å². The van der Waals surface area contributed by atoms with E-state index < -0.39 is 11.6 Å². The zero-order chi connectivity index (χ0) is 14.0. The fourth-order valence-corrected chi connectivity index (χ4v) is 1.90. The van der Waals surface area contributed by atoms with Crippen molar-refractivity contribution in [2.45, 2.75) is 19.8 Å². The Bertz CT molecular complexity index is 572. The fourth-order valence-electron chi connectivity index (χ4n) is 1.90. The number of hydrogen-bond acceptors (Lipinski definition) is 3. The highest BCUT2D eigenvalue weighted by Crippen LogP contribution is 2.29. The SMILES string of the molecule is CCCc1nn(C)c(Nc2c(F)cccc2F)c1N. The van der Waals surface area contributed by atoms with Crippen LogP contribution in [-0.2, 0) is 13.5 Å². The largest absolute Gasteiger partial charge is 0.394 e. The molecule has 0 saturated carbocycles. The Morgan fingerprint density at radius 2 is 1.95 bits per heavy atom. The average molecular weight is 266 g/mol. The molecule has 0 fully saturated rings. The van der Waals surface area contributed by atoms with E-state index >= 15 is 0 Å². The molecule has 0 atom stereocenters. The van der Waals surface area contributed by atoms with Gasteiger partial charge in [-0.3, -0.25) is 4.68 Å². The Labute approximate surface area is 110 Å². The average Bonchev–Trinajstić information content (AvgIpc) is 2.61. The van der Waals surface area contributed by atoms with Gasteiger partial charge < -0.3 is 11.1 Å². The van der Waals surface area contributed by atoms with Crippen molar-refractivity contribution < 1.29 is 8.78 Å². The van der Waals surface area contributed by atoms with Crippen LogP contribution in [0.25, 0.3) is 0 Å². The van der Waals surface area contributed by atoms with Gasteiger partial charge in [0, 0.05) is 7.05 Å². The molecule has 3 N–H and O–H groups in total. The number of halogens is 2. The van der Waals surface area contributed by atoms with Crippen LogP contribution in [0.15, 0.2) is 18.2 Å². The van der Waals surface area contributed by atoms with Gasteiger partial charge in [-0.2, -0.15) is 5.10 Å². The predicted octanol–water partition coefficient (Wildman–Crippen LogP) is 2.98. The number of nitrogen functional groups attached to an aromatic ring is 1. The standard InChI is InChI=1S/C13H16F2N4/c1-3-5-10-11(16)13(19(2)18-10)17-12-8(14)6-4-7-9(12)15/h4,6-7,17H,3,5,16H2,1-2H3. The normalized spacial score (nSPS) is 10.7. The van der Waals surface area contributed by atoms with Crippen LogP contribution < -0.4 is 11.1 Å². The van der Waals surface area contributed by atoms with Crippen molar-refractivity contribution in [2.24, 2.45) is 7.05 Å². The quantitative estimate of drug-likeness (QED) is 0.894. The Morgan fingerprint density at radius 3 is 2.53 bits per heavy atom. The Morgan fingerprint density at radius 1 is 1.32 bits per heavy atom. The summed E-state index contributed by atoms with van der Waals surface area (Å²) in [6, 6.07) is 3.68. The van der Waals surface area contributed by atoms with Crippen LogP contribution in [0.3, 0.4) is 0 Å². The molecule has 0 spiro atoms. The van der Waals surface area contributed by atoms with Gasteiger partial charge in [0.25, 0.3) is 0 Å². The van der Waals surface area contributed by atoms with Crippen LogP contribution in [-0.4, -0.2) is 9.78 Å². The molecular weight excluding hydrogens is 250 g/mol. The second kappa shape index (κ2) is 5.26. The monoisotopic (exact) mass is 266 g/mol. The van der Waals surface area contributed by atoms with E-state index in [1.54, 1.807) is 7.05 Å². The lowest BCUT2D eigenvalue weighted by molar-refractivity contribution is 0.590. The van der Waals surface area contributed by atoms with Gasteiger partial charge in [0.2, 0.25) is 0 Å². The third-order valence-corrected chi connectivity index (χ3v) is 2.85. The molecule has 0 saturated heterocycles. The van der Waals surface area contributed by atoms with Crippen molar-refractivity contribution in [2.75, 3.05) is 11.1 Å². The third-order valence-electron chi connectivity index (χ3n) is 2.85. The first-order valence-electron chi connectivity index (χ1n) is 6.07. The maximum Gasteiger partial charge on any atom is 0.152 e. The number of para-hydroxylation sites is 1. The zero-order valence-corrected chi connectivity index (χ0v) is 10.9. The highest BCUT2D eigenvalue weighted by molar-refractivity contribution is 5.71. The first-order valence-corrected chi connectivity index (χ1v) is 6.07. The smallest absolute Gasteiger partial charge is 0.152 e. The molecule has 0 unspecified atom stereocenters. The van der Waals surface area contributed by atoms with Crippen molar-refractivity contribution in [1.29, 1.82) is 0 Å². The topological polar surface area (TPSA) is 55.9 Å². The number of nitrogens with one attached hydrogen (secondary N) is 1. The fraction of sp³-hybridized carbons (Fsp3) is 0.308. The molecule has 1 aromatic carbocycles. The summed E-state index contributed by atoms with van der Waals surface area (Å²) < 4.78 is 28.7. The number of aromatic nitrogens is 2. The van der Waals surface area contributed by atoms with Gasteiger partial charge in [-0.05, 0) is 18.6 Å². The minimum atomic E-state index is -0.669. The van der Waals surface area contributed by atoms with Crippen molar-refractivity contribution in [3.8, 4) is 0 Å². The molecule has 0 aliphatic rings. The second-order valence-electron chi connectivity index (χ2n) is 4.30. The number of benzene rings is 1. The minimum Gasteiger partial charge on any atom is -0.394 e. The Balaban J connectivity index is 2.38. The highest BCUT2D eigenvalue weighted by Gasteiger charge is 2.16. The van der Waals surface area contributed by atoms with Crippen molar-refractivity contribution in [3.05, 3.63) is 35.5 Å². The number of rotatable bonds is 4. The summed E-state index contributed by atoms with van der Waals surface area (Å²) in [6.07, 6.45) is 1.62.